The number of nitrogen functional groups attached to an aromatic ring is 1. The molecule has 3 N–H and O–H groups in total. The fourth-order valence-electron chi connectivity index (χ4n) is 1.53. The SMILES string of the molecule is COc1cc(N)cc(Nc2ccccc2Br)c1. The van der Waals surface area contributed by atoms with Crippen molar-refractivity contribution in [3.8, 4) is 5.75 Å². The van der Waals surface area contributed by atoms with Crippen molar-refractivity contribution < 1.29 is 4.74 Å². The van der Waals surface area contributed by atoms with Crippen molar-refractivity contribution in [1.29, 1.82) is 0 Å². The highest BCUT2D eigenvalue weighted by atomic mass is 79.9. The summed E-state index contributed by atoms with van der Waals surface area (Å²) in [5, 5.41) is 3.28. The number of hydrogen-bond acceptors (Lipinski definition) is 3. The van der Waals surface area contributed by atoms with Crippen LogP contribution in [0.4, 0.5) is 17.1 Å². The van der Waals surface area contributed by atoms with Crippen LogP contribution in [0.25, 0.3) is 0 Å². The zero-order valence-electron chi connectivity index (χ0n) is 9.41. The standard InChI is InChI=1S/C13H13BrN2O/c1-17-11-7-9(15)6-10(8-11)16-13-5-3-2-4-12(13)14/h2-8,16H,15H2,1H3. The van der Waals surface area contributed by atoms with Gasteiger partial charge >= 0.3 is 0 Å². The fraction of sp³-hybridized carbons (Fsp3) is 0.0769. The van der Waals surface area contributed by atoms with E-state index in [0.717, 1.165) is 21.6 Å². The molecule has 0 atom stereocenters. The molecule has 0 aliphatic carbocycles. The summed E-state index contributed by atoms with van der Waals surface area (Å²) in [6, 6.07) is 13.4. The monoisotopic (exact) mass is 292 g/mol. The molecule has 0 saturated heterocycles. The Kier molecular flexibility index (Phi) is 3.54. The lowest BCUT2D eigenvalue weighted by atomic mass is 10.2. The molecule has 4 heteroatoms. The molecule has 2 rings (SSSR count). The lowest BCUT2D eigenvalue weighted by molar-refractivity contribution is 0.415. The van der Waals surface area contributed by atoms with Crippen LogP contribution >= 0.6 is 15.9 Å². The van der Waals surface area contributed by atoms with E-state index in [9.17, 15) is 0 Å². The van der Waals surface area contributed by atoms with Gasteiger partial charge in [0.05, 0.1) is 12.8 Å². The van der Waals surface area contributed by atoms with Gasteiger partial charge in [0.25, 0.3) is 0 Å². The van der Waals surface area contributed by atoms with E-state index in [1.165, 1.54) is 0 Å². The summed E-state index contributed by atoms with van der Waals surface area (Å²) in [6.45, 7) is 0. The molecule has 0 aromatic heterocycles. The average Bonchev–Trinajstić information content (AvgIpc) is 2.31. The zero-order valence-corrected chi connectivity index (χ0v) is 11.0. The molecule has 0 heterocycles. The van der Waals surface area contributed by atoms with E-state index in [4.69, 9.17) is 10.5 Å². The highest BCUT2D eigenvalue weighted by Crippen LogP contribution is 2.28. The minimum atomic E-state index is 0.666. The molecule has 0 radical (unpaired) electrons. The highest BCUT2D eigenvalue weighted by Gasteiger charge is 2.02. The largest absolute Gasteiger partial charge is 0.497 e. The molecule has 3 nitrogen and oxygen atoms in total. The molecule has 2 aromatic rings. The van der Waals surface area contributed by atoms with Crippen molar-refractivity contribution in [2.75, 3.05) is 18.2 Å². The molecule has 0 bridgehead atoms. The minimum Gasteiger partial charge on any atom is -0.497 e. The summed E-state index contributed by atoms with van der Waals surface area (Å²) in [6.07, 6.45) is 0. The van der Waals surface area contributed by atoms with Crippen molar-refractivity contribution in [2.45, 2.75) is 0 Å². The molecule has 0 spiro atoms. The lowest BCUT2D eigenvalue weighted by Gasteiger charge is -2.10. The van der Waals surface area contributed by atoms with Crippen LogP contribution in [0.2, 0.25) is 0 Å². The Labute approximate surface area is 109 Å². The number of nitrogens with one attached hydrogen (secondary N) is 1. The van der Waals surface area contributed by atoms with Crippen LogP contribution < -0.4 is 15.8 Å². The topological polar surface area (TPSA) is 47.3 Å². The van der Waals surface area contributed by atoms with Crippen LogP contribution in [0.5, 0.6) is 5.75 Å². The number of para-hydroxylation sites is 1. The van der Waals surface area contributed by atoms with Gasteiger partial charge in [0.2, 0.25) is 0 Å². The molecule has 17 heavy (non-hydrogen) atoms. The number of hydrogen-bond donors (Lipinski definition) is 2. The van der Waals surface area contributed by atoms with E-state index >= 15 is 0 Å². The van der Waals surface area contributed by atoms with Crippen LogP contribution in [-0.4, -0.2) is 7.11 Å². The third-order valence-corrected chi connectivity index (χ3v) is 3.01. The highest BCUT2D eigenvalue weighted by molar-refractivity contribution is 9.10. The maximum absolute atomic E-state index is 5.79. The van der Waals surface area contributed by atoms with Gasteiger partial charge < -0.3 is 15.8 Å². The van der Waals surface area contributed by atoms with Gasteiger partial charge in [-0.2, -0.15) is 0 Å². The van der Waals surface area contributed by atoms with E-state index in [0.29, 0.717) is 5.69 Å². The van der Waals surface area contributed by atoms with Crippen molar-refractivity contribution in [3.63, 3.8) is 0 Å². The van der Waals surface area contributed by atoms with Crippen LogP contribution in [0.3, 0.4) is 0 Å². The molecule has 0 saturated carbocycles. The van der Waals surface area contributed by atoms with E-state index in [1.54, 1.807) is 13.2 Å². The Morgan fingerprint density at radius 2 is 1.94 bits per heavy atom. The Balaban J connectivity index is 2.30. The van der Waals surface area contributed by atoms with Crippen molar-refractivity contribution in [1.82, 2.24) is 0 Å². The maximum Gasteiger partial charge on any atom is 0.122 e. The summed E-state index contributed by atoms with van der Waals surface area (Å²) in [5.74, 6) is 0.736. The van der Waals surface area contributed by atoms with E-state index in [1.807, 2.05) is 36.4 Å². The van der Waals surface area contributed by atoms with Gasteiger partial charge in [0.1, 0.15) is 5.75 Å². The van der Waals surface area contributed by atoms with Gasteiger partial charge in [-0.25, -0.2) is 0 Å². The Hall–Kier alpha value is -1.68. The summed E-state index contributed by atoms with van der Waals surface area (Å²) in [7, 11) is 1.62. The summed E-state index contributed by atoms with van der Waals surface area (Å²) in [5.41, 5.74) is 8.34. The Bertz CT molecular complexity index is 529. The van der Waals surface area contributed by atoms with Crippen LogP contribution in [-0.2, 0) is 0 Å². The fourth-order valence-corrected chi connectivity index (χ4v) is 1.91. The quantitative estimate of drug-likeness (QED) is 0.847. The van der Waals surface area contributed by atoms with E-state index < -0.39 is 0 Å². The summed E-state index contributed by atoms with van der Waals surface area (Å²) < 4.78 is 6.17. The normalized spacial score (nSPS) is 10.0. The van der Waals surface area contributed by atoms with Crippen LogP contribution in [0.1, 0.15) is 0 Å². The summed E-state index contributed by atoms with van der Waals surface area (Å²) >= 11 is 3.48. The van der Waals surface area contributed by atoms with Crippen molar-refractivity contribution in [3.05, 3.63) is 46.9 Å². The van der Waals surface area contributed by atoms with Crippen molar-refractivity contribution >= 4 is 33.0 Å². The maximum atomic E-state index is 5.79. The number of methoxy groups -OCH3 is 1. The average molecular weight is 293 g/mol. The second kappa shape index (κ2) is 5.10. The molecule has 0 amide bonds. The van der Waals surface area contributed by atoms with Gasteiger partial charge in [0.15, 0.2) is 0 Å². The Morgan fingerprint density at radius 1 is 1.18 bits per heavy atom. The number of anilines is 3. The molecule has 0 unspecified atom stereocenters. The molecular formula is C13H13BrN2O. The minimum absolute atomic E-state index is 0.666. The first-order valence-corrected chi connectivity index (χ1v) is 5.94. The molecule has 0 aliphatic rings. The van der Waals surface area contributed by atoms with Crippen molar-refractivity contribution in [2.24, 2.45) is 0 Å². The second-order valence-electron chi connectivity index (χ2n) is 3.60. The van der Waals surface area contributed by atoms with Gasteiger partial charge in [-0.3, -0.25) is 0 Å². The predicted molar refractivity (Wildman–Crippen MR) is 74.8 cm³/mol. The third-order valence-electron chi connectivity index (χ3n) is 2.32. The van der Waals surface area contributed by atoms with E-state index in [-0.39, 0.29) is 0 Å². The molecule has 88 valence electrons. The molecule has 2 aromatic carbocycles. The Morgan fingerprint density at radius 3 is 2.65 bits per heavy atom. The third kappa shape index (κ3) is 2.91. The first-order chi connectivity index (χ1) is 8.19. The number of benzene rings is 2. The number of nitrogens with two attached hydrogens (primary N) is 1. The number of halogens is 1. The summed E-state index contributed by atoms with van der Waals surface area (Å²) in [4.78, 5) is 0. The van der Waals surface area contributed by atoms with E-state index in [2.05, 4.69) is 21.2 Å². The predicted octanol–water partition coefficient (Wildman–Crippen LogP) is 3.78. The lowest BCUT2D eigenvalue weighted by Crippen LogP contribution is -1.95. The zero-order chi connectivity index (χ0) is 12.3. The smallest absolute Gasteiger partial charge is 0.122 e. The van der Waals surface area contributed by atoms with Crippen LogP contribution in [0, 0.1) is 0 Å². The first kappa shape index (κ1) is 11.8. The second-order valence-corrected chi connectivity index (χ2v) is 4.45. The van der Waals surface area contributed by atoms with Gasteiger partial charge in [0, 0.05) is 28.0 Å². The molecule has 0 aliphatic heterocycles. The molecular weight excluding hydrogens is 280 g/mol. The van der Waals surface area contributed by atoms with Crippen LogP contribution in [0.15, 0.2) is 46.9 Å². The van der Waals surface area contributed by atoms with Gasteiger partial charge in [-0.1, -0.05) is 12.1 Å². The van der Waals surface area contributed by atoms with Gasteiger partial charge in [-0.15, -0.1) is 0 Å². The number of ether oxygens (including phenoxy) is 1. The van der Waals surface area contributed by atoms with Gasteiger partial charge in [-0.05, 0) is 34.1 Å². The molecule has 0 fully saturated rings. The first-order valence-electron chi connectivity index (χ1n) is 5.15. The number of rotatable bonds is 3.